The second kappa shape index (κ2) is 6.69. The van der Waals surface area contributed by atoms with E-state index in [1.807, 2.05) is 0 Å². The number of halogens is 1. The summed E-state index contributed by atoms with van der Waals surface area (Å²) in [6.07, 6.45) is 2.54. The SMILES string of the molecule is CCN1CCC(N[C@@H](C)c2cccc(Br)c2)CC1. The highest BCUT2D eigenvalue weighted by Crippen LogP contribution is 2.20. The van der Waals surface area contributed by atoms with Crippen LogP contribution in [0.2, 0.25) is 0 Å². The first-order chi connectivity index (χ1) is 8.69. The molecule has 0 aromatic heterocycles. The Labute approximate surface area is 119 Å². The maximum Gasteiger partial charge on any atom is 0.0294 e. The van der Waals surface area contributed by atoms with Crippen molar-refractivity contribution in [1.82, 2.24) is 10.2 Å². The van der Waals surface area contributed by atoms with Gasteiger partial charge in [0.2, 0.25) is 0 Å². The normalized spacial score (nSPS) is 19.9. The van der Waals surface area contributed by atoms with E-state index in [2.05, 4.69) is 64.3 Å². The van der Waals surface area contributed by atoms with Gasteiger partial charge in [-0.25, -0.2) is 0 Å². The second-order valence-electron chi connectivity index (χ2n) is 5.15. The minimum Gasteiger partial charge on any atom is -0.307 e. The van der Waals surface area contributed by atoms with E-state index in [-0.39, 0.29) is 0 Å². The summed E-state index contributed by atoms with van der Waals surface area (Å²) in [5.74, 6) is 0. The molecular formula is C15H23BrN2. The van der Waals surface area contributed by atoms with Gasteiger partial charge in [0.1, 0.15) is 0 Å². The summed E-state index contributed by atoms with van der Waals surface area (Å²) in [6.45, 7) is 8.17. The highest BCUT2D eigenvalue weighted by Gasteiger charge is 2.19. The van der Waals surface area contributed by atoms with E-state index in [1.54, 1.807) is 0 Å². The highest BCUT2D eigenvalue weighted by molar-refractivity contribution is 9.10. The van der Waals surface area contributed by atoms with Crippen molar-refractivity contribution in [3.63, 3.8) is 0 Å². The molecule has 0 unspecified atom stereocenters. The van der Waals surface area contributed by atoms with Gasteiger partial charge in [-0.15, -0.1) is 0 Å². The van der Waals surface area contributed by atoms with Crippen molar-refractivity contribution in [1.29, 1.82) is 0 Å². The lowest BCUT2D eigenvalue weighted by molar-refractivity contribution is 0.200. The van der Waals surface area contributed by atoms with E-state index >= 15 is 0 Å². The average molecular weight is 311 g/mol. The van der Waals surface area contributed by atoms with Gasteiger partial charge >= 0.3 is 0 Å². The summed E-state index contributed by atoms with van der Waals surface area (Å²) >= 11 is 3.54. The van der Waals surface area contributed by atoms with Crippen LogP contribution < -0.4 is 5.32 Å². The largest absolute Gasteiger partial charge is 0.307 e. The van der Waals surface area contributed by atoms with Crippen molar-refractivity contribution in [2.75, 3.05) is 19.6 Å². The topological polar surface area (TPSA) is 15.3 Å². The summed E-state index contributed by atoms with van der Waals surface area (Å²) < 4.78 is 1.16. The third-order valence-electron chi connectivity index (χ3n) is 3.87. The minimum atomic E-state index is 0.431. The molecule has 18 heavy (non-hydrogen) atoms. The zero-order valence-electron chi connectivity index (χ0n) is 11.3. The quantitative estimate of drug-likeness (QED) is 0.914. The Kier molecular flexibility index (Phi) is 5.22. The Morgan fingerprint density at radius 1 is 1.39 bits per heavy atom. The Balaban J connectivity index is 1.86. The van der Waals surface area contributed by atoms with Gasteiger partial charge in [-0.3, -0.25) is 0 Å². The van der Waals surface area contributed by atoms with Gasteiger partial charge in [0.05, 0.1) is 0 Å². The summed E-state index contributed by atoms with van der Waals surface area (Å²) in [4.78, 5) is 2.53. The van der Waals surface area contributed by atoms with Crippen LogP contribution in [0.3, 0.4) is 0 Å². The molecule has 0 saturated carbocycles. The molecule has 0 bridgehead atoms. The van der Waals surface area contributed by atoms with Gasteiger partial charge in [0.25, 0.3) is 0 Å². The van der Waals surface area contributed by atoms with Gasteiger partial charge in [-0.2, -0.15) is 0 Å². The Morgan fingerprint density at radius 3 is 2.72 bits per heavy atom. The molecule has 1 N–H and O–H groups in total. The maximum atomic E-state index is 3.76. The van der Waals surface area contributed by atoms with Crippen LogP contribution in [-0.4, -0.2) is 30.6 Å². The van der Waals surface area contributed by atoms with Gasteiger partial charge < -0.3 is 10.2 Å². The van der Waals surface area contributed by atoms with Crippen LogP contribution in [0.15, 0.2) is 28.7 Å². The summed E-state index contributed by atoms with van der Waals surface area (Å²) in [7, 11) is 0. The van der Waals surface area contributed by atoms with E-state index < -0.39 is 0 Å². The molecule has 0 spiro atoms. The van der Waals surface area contributed by atoms with Gasteiger partial charge in [-0.1, -0.05) is 35.0 Å². The first kappa shape index (κ1) is 14.0. The summed E-state index contributed by atoms with van der Waals surface area (Å²) in [5.41, 5.74) is 1.36. The van der Waals surface area contributed by atoms with Crippen LogP contribution in [0, 0.1) is 0 Å². The van der Waals surface area contributed by atoms with Crippen molar-refractivity contribution in [2.24, 2.45) is 0 Å². The number of hydrogen-bond acceptors (Lipinski definition) is 2. The van der Waals surface area contributed by atoms with Crippen LogP contribution in [0.4, 0.5) is 0 Å². The number of rotatable bonds is 4. The lowest BCUT2D eigenvalue weighted by Crippen LogP contribution is -2.43. The second-order valence-corrected chi connectivity index (χ2v) is 6.07. The lowest BCUT2D eigenvalue weighted by Gasteiger charge is -2.33. The molecule has 1 aromatic carbocycles. The van der Waals surface area contributed by atoms with Crippen molar-refractivity contribution in [3.05, 3.63) is 34.3 Å². The van der Waals surface area contributed by atoms with E-state index in [1.165, 1.54) is 38.0 Å². The van der Waals surface area contributed by atoms with Crippen LogP contribution in [-0.2, 0) is 0 Å². The van der Waals surface area contributed by atoms with Crippen LogP contribution >= 0.6 is 15.9 Å². The molecule has 0 amide bonds. The number of piperidine rings is 1. The summed E-state index contributed by atoms with van der Waals surface area (Å²) in [6, 6.07) is 9.69. The Morgan fingerprint density at radius 2 is 2.11 bits per heavy atom. The molecule has 1 aromatic rings. The summed E-state index contributed by atoms with van der Waals surface area (Å²) in [5, 5.41) is 3.76. The fraction of sp³-hybridized carbons (Fsp3) is 0.600. The minimum absolute atomic E-state index is 0.431. The molecule has 2 nitrogen and oxygen atoms in total. The molecule has 1 saturated heterocycles. The number of benzene rings is 1. The number of nitrogens with zero attached hydrogens (tertiary/aromatic N) is 1. The fourth-order valence-electron chi connectivity index (χ4n) is 2.64. The molecule has 1 aliphatic rings. The van der Waals surface area contributed by atoms with Crippen LogP contribution in [0.1, 0.15) is 38.3 Å². The molecule has 1 atom stereocenters. The fourth-order valence-corrected chi connectivity index (χ4v) is 3.06. The number of likely N-dealkylation sites (tertiary alicyclic amines) is 1. The van der Waals surface area contributed by atoms with Gasteiger partial charge in [0, 0.05) is 16.6 Å². The number of nitrogens with one attached hydrogen (secondary N) is 1. The molecule has 1 fully saturated rings. The zero-order valence-corrected chi connectivity index (χ0v) is 12.9. The predicted octanol–water partition coefficient (Wildman–Crippen LogP) is 3.58. The van der Waals surface area contributed by atoms with Crippen molar-refractivity contribution in [3.8, 4) is 0 Å². The Hall–Kier alpha value is -0.380. The lowest BCUT2D eigenvalue weighted by atomic mass is 10.0. The smallest absolute Gasteiger partial charge is 0.0294 e. The first-order valence-electron chi connectivity index (χ1n) is 6.93. The van der Waals surface area contributed by atoms with Crippen LogP contribution in [0.25, 0.3) is 0 Å². The first-order valence-corrected chi connectivity index (χ1v) is 7.72. The van der Waals surface area contributed by atoms with E-state index in [4.69, 9.17) is 0 Å². The third kappa shape index (κ3) is 3.81. The van der Waals surface area contributed by atoms with Crippen LogP contribution in [0.5, 0.6) is 0 Å². The van der Waals surface area contributed by atoms with Gasteiger partial charge in [0.15, 0.2) is 0 Å². The average Bonchev–Trinajstić information content (AvgIpc) is 2.39. The number of hydrogen-bond donors (Lipinski definition) is 1. The van der Waals surface area contributed by atoms with E-state index in [0.717, 1.165) is 4.47 Å². The molecule has 0 radical (unpaired) electrons. The predicted molar refractivity (Wildman–Crippen MR) is 80.8 cm³/mol. The standard InChI is InChI=1S/C15H23BrN2/c1-3-18-9-7-15(8-10-18)17-12(2)13-5-4-6-14(16)11-13/h4-6,11-12,15,17H,3,7-10H2,1-2H3/t12-/m0/s1. The molecule has 1 heterocycles. The van der Waals surface area contributed by atoms with Gasteiger partial charge in [-0.05, 0) is 57.1 Å². The Bertz CT molecular complexity index is 373. The highest BCUT2D eigenvalue weighted by atomic mass is 79.9. The van der Waals surface area contributed by atoms with Crippen molar-refractivity contribution < 1.29 is 0 Å². The van der Waals surface area contributed by atoms with Crippen molar-refractivity contribution >= 4 is 15.9 Å². The third-order valence-corrected chi connectivity index (χ3v) is 4.36. The van der Waals surface area contributed by atoms with Crippen molar-refractivity contribution in [2.45, 2.75) is 38.8 Å². The molecular weight excluding hydrogens is 288 g/mol. The molecule has 1 aliphatic heterocycles. The zero-order chi connectivity index (χ0) is 13.0. The van der Waals surface area contributed by atoms with E-state index in [0.29, 0.717) is 12.1 Å². The van der Waals surface area contributed by atoms with E-state index in [9.17, 15) is 0 Å². The monoisotopic (exact) mass is 310 g/mol. The molecule has 2 rings (SSSR count). The molecule has 100 valence electrons. The maximum absolute atomic E-state index is 3.76. The molecule has 0 aliphatic carbocycles. The molecule has 3 heteroatoms.